The number of carbonyl (C=O) groups is 1. The molecule has 0 bridgehead atoms. The highest BCUT2D eigenvalue weighted by atomic mass is 32.1. The Kier molecular flexibility index (Phi) is 4.63. The van der Waals surface area contributed by atoms with Crippen LogP contribution in [0.1, 0.15) is 28.2 Å². The van der Waals surface area contributed by atoms with Gasteiger partial charge in [0.25, 0.3) is 5.91 Å². The number of carbonyl (C=O) groups excluding carboxylic acids is 1. The van der Waals surface area contributed by atoms with Crippen LogP contribution in [0.2, 0.25) is 0 Å². The topological polar surface area (TPSA) is 75.9 Å². The van der Waals surface area contributed by atoms with E-state index in [1.807, 2.05) is 56.3 Å². The molecule has 4 rings (SSSR count). The molecular formula is C18H18N6OS2. The van der Waals surface area contributed by atoms with Crippen molar-refractivity contribution in [2.24, 2.45) is 0 Å². The highest BCUT2D eigenvalue weighted by Crippen LogP contribution is 2.34. The molecule has 27 heavy (non-hydrogen) atoms. The van der Waals surface area contributed by atoms with Gasteiger partial charge in [0.1, 0.15) is 17.5 Å². The normalized spacial score (nSPS) is 12.3. The van der Waals surface area contributed by atoms with Crippen molar-refractivity contribution in [2.45, 2.75) is 13.0 Å². The molecule has 1 aromatic carbocycles. The molecule has 138 valence electrons. The third-order valence-electron chi connectivity index (χ3n) is 4.11. The summed E-state index contributed by atoms with van der Waals surface area (Å²) >= 11 is 3.01. The fourth-order valence-electron chi connectivity index (χ4n) is 2.64. The number of hydrogen-bond acceptors (Lipinski definition) is 7. The molecule has 1 unspecified atom stereocenters. The van der Waals surface area contributed by atoms with E-state index in [2.05, 4.69) is 20.4 Å². The van der Waals surface area contributed by atoms with Crippen LogP contribution in [-0.2, 0) is 0 Å². The van der Waals surface area contributed by atoms with E-state index < -0.39 is 0 Å². The van der Waals surface area contributed by atoms with Crippen LogP contribution < -0.4 is 10.2 Å². The van der Waals surface area contributed by atoms with E-state index in [0.717, 1.165) is 25.9 Å². The number of amides is 1. The van der Waals surface area contributed by atoms with Gasteiger partial charge >= 0.3 is 0 Å². The molecule has 4 aromatic rings. The van der Waals surface area contributed by atoms with E-state index in [9.17, 15) is 4.79 Å². The average molecular weight is 399 g/mol. The number of fused-ring (bicyclic) bond motifs is 1. The van der Waals surface area contributed by atoms with Crippen molar-refractivity contribution in [3.63, 3.8) is 0 Å². The fourth-order valence-corrected chi connectivity index (χ4v) is 4.67. The maximum Gasteiger partial charge on any atom is 0.261 e. The van der Waals surface area contributed by atoms with Crippen molar-refractivity contribution in [1.29, 1.82) is 0 Å². The van der Waals surface area contributed by atoms with E-state index >= 15 is 0 Å². The molecule has 0 spiro atoms. The van der Waals surface area contributed by atoms with Crippen LogP contribution in [0.5, 0.6) is 0 Å². The number of benzene rings is 1. The molecule has 0 aliphatic rings. The van der Waals surface area contributed by atoms with Gasteiger partial charge in [-0.25, -0.2) is 14.6 Å². The Balaban J connectivity index is 1.46. The van der Waals surface area contributed by atoms with E-state index in [4.69, 9.17) is 0 Å². The van der Waals surface area contributed by atoms with Gasteiger partial charge < -0.3 is 10.2 Å². The fraction of sp³-hybridized carbons (Fsp3) is 0.222. The lowest BCUT2D eigenvalue weighted by atomic mass is 10.1. The summed E-state index contributed by atoms with van der Waals surface area (Å²) in [7, 11) is 3.93. The average Bonchev–Trinajstić information content (AvgIpc) is 3.37. The summed E-state index contributed by atoms with van der Waals surface area (Å²) in [6.45, 7) is 1.97. The number of nitrogens with one attached hydrogen (secondary N) is 1. The van der Waals surface area contributed by atoms with Crippen LogP contribution in [0.3, 0.4) is 0 Å². The van der Waals surface area contributed by atoms with E-state index in [-0.39, 0.29) is 11.9 Å². The highest BCUT2D eigenvalue weighted by molar-refractivity contribution is 7.29. The van der Waals surface area contributed by atoms with Crippen LogP contribution in [0.15, 0.2) is 43.0 Å². The van der Waals surface area contributed by atoms with Crippen molar-refractivity contribution in [1.82, 2.24) is 25.1 Å². The second-order valence-electron chi connectivity index (χ2n) is 6.30. The Bertz CT molecular complexity index is 1030. The summed E-state index contributed by atoms with van der Waals surface area (Å²) in [6.07, 6.45) is 3.15. The number of anilines is 1. The minimum Gasteiger partial charge on any atom is -0.354 e. The third-order valence-corrected chi connectivity index (χ3v) is 6.44. The van der Waals surface area contributed by atoms with Gasteiger partial charge in [-0.2, -0.15) is 5.10 Å². The lowest BCUT2D eigenvalue weighted by Crippen LogP contribution is -2.25. The van der Waals surface area contributed by atoms with Crippen LogP contribution in [0.4, 0.5) is 5.13 Å². The first-order valence-corrected chi connectivity index (χ1v) is 9.98. The highest BCUT2D eigenvalue weighted by Gasteiger charge is 2.17. The number of nitrogens with zero attached hydrogens (tertiary/aromatic N) is 5. The number of aromatic nitrogens is 4. The van der Waals surface area contributed by atoms with Gasteiger partial charge in [-0.05, 0) is 30.7 Å². The monoisotopic (exact) mass is 398 g/mol. The largest absolute Gasteiger partial charge is 0.354 e. The zero-order chi connectivity index (χ0) is 19.0. The lowest BCUT2D eigenvalue weighted by molar-refractivity contribution is 0.0944. The summed E-state index contributed by atoms with van der Waals surface area (Å²) in [4.78, 5) is 24.7. The molecule has 0 aliphatic carbocycles. The second kappa shape index (κ2) is 7.09. The first-order chi connectivity index (χ1) is 13.0. The van der Waals surface area contributed by atoms with Gasteiger partial charge in [0, 0.05) is 14.1 Å². The molecule has 3 heterocycles. The standard InChI is InChI=1S/C18H18N6OS2/c1-11(12-4-6-13(7-5-12)24-10-19-9-20-24)21-16(25)14-8-15-17(26-14)22-18(27-15)23(2)3/h4-11H,1-3H3,(H,21,25). The molecule has 0 fully saturated rings. The van der Waals surface area contributed by atoms with E-state index in [0.29, 0.717) is 4.88 Å². The molecule has 0 saturated heterocycles. The van der Waals surface area contributed by atoms with Crippen LogP contribution in [-0.4, -0.2) is 39.8 Å². The molecule has 1 amide bonds. The smallest absolute Gasteiger partial charge is 0.261 e. The Hall–Kier alpha value is -2.78. The quantitative estimate of drug-likeness (QED) is 0.557. The molecule has 1 atom stereocenters. The lowest BCUT2D eigenvalue weighted by Gasteiger charge is -2.14. The van der Waals surface area contributed by atoms with Crippen molar-refractivity contribution in [2.75, 3.05) is 19.0 Å². The maximum atomic E-state index is 12.6. The van der Waals surface area contributed by atoms with Gasteiger partial charge in [-0.1, -0.05) is 23.5 Å². The summed E-state index contributed by atoms with van der Waals surface area (Å²) in [5, 5.41) is 8.12. The first-order valence-electron chi connectivity index (χ1n) is 8.35. The maximum absolute atomic E-state index is 12.6. The van der Waals surface area contributed by atoms with Crippen LogP contribution in [0.25, 0.3) is 15.2 Å². The van der Waals surface area contributed by atoms with Gasteiger partial charge in [0.05, 0.1) is 21.3 Å². The minimum absolute atomic E-state index is 0.0792. The Labute approximate surface area is 164 Å². The first kappa shape index (κ1) is 17.6. The van der Waals surface area contributed by atoms with Crippen LogP contribution >= 0.6 is 22.7 Å². The molecule has 0 saturated carbocycles. The van der Waals surface area contributed by atoms with Crippen molar-refractivity contribution >= 4 is 43.2 Å². The summed E-state index contributed by atoms with van der Waals surface area (Å²) in [5.41, 5.74) is 1.95. The summed E-state index contributed by atoms with van der Waals surface area (Å²) in [6, 6.07) is 9.70. The second-order valence-corrected chi connectivity index (χ2v) is 8.34. The molecule has 9 heteroatoms. The summed E-state index contributed by atoms with van der Waals surface area (Å²) in [5.74, 6) is -0.0792. The molecule has 1 N–H and O–H groups in total. The van der Waals surface area contributed by atoms with E-state index in [1.54, 1.807) is 22.3 Å². The molecular weight excluding hydrogens is 380 g/mol. The number of thiophene rings is 1. The number of thiazole rings is 1. The van der Waals surface area contributed by atoms with E-state index in [1.165, 1.54) is 17.7 Å². The molecule has 7 nitrogen and oxygen atoms in total. The Morgan fingerprint density at radius 1 is 1.22 bits per heavy atom. The van der Waals surface area contributed by atoms with Gasteiger partial charge in [-0.15, -0.1) is 11.3 Å². The Morgan fingerprint density at radius 3 is 2.63 bits per heavy atom. The number of hydrogen-bond donors (Lipinski definition) is 1. The van der Waals surface area contributed by atoms with Gasteiger partial charge in [0.15, 0.2) is 5.13 Å². The predicted molar refractivity (Wildman–Crippen MR) is 109 cm³/mol. The van der Waals surface area contributed by atoms with Crippen molar-refractivity contribution in [3.8, 4) is 5.69 Å². The van der Waals surface area contributed by atoms with Crippen molar-refractivity contribution < 1.29 is 4.79 Å². The zero-order valence-electron chi connectivity index (χ0n) is 15.1. The molecule has 3 aromatic heterocycles. The zero-order valence-corrected chi connectivity index (χ0v) is 16.7. The SMILES string of the molecule is CC(NC(=O)c1cc2sc(N(C)C)nc2s1)c1ccc(-n2cncn2)cc1. The molecule has 0 radical (unpaired) electrons. The molecule has 0 aliphatic heterocycles. The Morgan fingerprint density at radius 2 is 2.00 bits per heavy atom. The van der Waals surface area contributed by atoms with Gasteiger partial charge in [0.2, 0.25) is 0 Å². The predicted octanol–water partition coefficient (Wildman–Crippen LogP) is 3.50. The minimum atomic E-state index is -0.104. The van der Waals surface area contributed by atoms with Crippen LogP contribution in [0, 0.1) is 0 Å². The van der Waals surface area contributed by atoms with Gasteiger partial charge in [-0.3, -0.25) is 4.79 Å². The third kappa shape index (κ3) is 3.56. The number of rotatable bonds is 5. The summed E-state index contributed by atoms with van der Waals surface area (Å²) < 4.78 is 2.74. The van der Waals surface area contributed by atoms with Crippen molar-refractivity contribution in [3.05, 3.63) is 53.4 Å².